The molecule has 8 aromatic carbocycles. The molecule has 76 heavy (non-hydrogen) atoms. The Morgan fingerprint density at radius 2 is 0.263 bits per heavy atom. The summed E-state index contributed by atoms with van der Waals surface area (Å²) >= 11 is 0. The Balaban J connectivity index is 1.32. The van der Waals surface area contributed by atoms with Crippen LogP contribution in [0.2, 0.25) is 0 Å². The van der Waals surface area contributed by atoms with Crippen molar-refractivity contribution in [3.63, 3.8) is 0 Å². The van der Waals surface area contributed by atoms with Crippen molar-refractivity contribution in [1.82, 2.24) is 0 Å². The highest BCUT2D eigenvalue weighted by atomic mass is 31.1. The van der Waals surface area contributed by atoms with Crippen LogP contribution in [-0.4, -0.2) is 24.6 Å². The SMILES string of the molecule is Cc1cc(C)cc(P(CC2C(CP(c3cc(C)cc(C)c3)c3cc(C)cc(C)c3)C(CP(c3cc(C)cc(C)c3)c3cc(C)cc(C)c3)C2CP(c2cc(C)cc(C)c2)c2cc(C)cc(C)c2)c2cc(C)cc(C)c2)c1. The number of hydrogen-bond donors (Lipinski definition) is 0. The lowest BCUT2D eigenvalue weighted by atomic mass is 9.59. The largest absolute Gasteiger partial charge is 0.0563 e. The van der Waals surface area contributed by atoms with E-state index >= 15 is 0 Å². The van der Waals surface area contributed by atoms with Crippen LogP contribution in [0.25, 0.3) is 0 Å². The van der Waals surface area contributed by atoms with E-state index in [1.807, 2.05) is 0 Å². The minimum Gasteiger partial charge on any atom is -0.0563 e. The molecular formula is C72H84P4. The first-order valence-electron chi connectivity index (χ1n) is 27.9. The molecule has 0 unspecified atom stereocenters. The Bertz CT molecular complexity index is 2590. The lowest BCUT2D eigenvalue weighted by Gasteiger charge is -2.56. The average Bonchev–Trinajstić information content (AvgIpc) is 3.28. The van der Waals surface area contributed by atoms with Gasteiger partial charge in [0.25, 0.3) is 0 Å². The molecule has 0 amide bonds. The lowest BCUT2D eigenvalue weighted by Crippen LogP contribution is -2.54. The summed E-state index contributed by atoms with van der Waals surface area (Å²) in [6, 6.07) is 60.0. The molecule has 1 aliphatic carbocycles. The zero-order valence-electron chi connectivity index (χ0n) is 48.8. The van der Waals surface area contributed by atoms with Gasteiger partial charge in [0.1, 0.15) is 0 Å². The van der Waals surface area contributed by atoms with Gasteiger partial charge in [0.15, 0.2) is 0 Å². The van der Waals surface area contributed by atoms with Crippen LogP contribution in [-0.2, 0) is 0 Å². The highest BCUT2D eigenvalue weighted by Crippen LogP contribution is 2.61. The molecule has 1 saturated carbocycles. The van der Waals surface area contributed by atoms with Gasteiger partial charge in [0, 0.05) is 0 Å². The van der Waals surface area contributed by atoms with E-state index in [0.29, 0.717) is 23.7 Å². The molecule has 392 valence electrons. The summed E-state index contributed by atoms with van der Waals surface area (Å²) in [6.07, 6.45) is 4.79. The maximum atomic E-state index is 2.56. The summed E-state index contributed by atoms with van der Waals surface area (Å²) in [4.78, 5) is 0. The maximum Gasteiger partial charge on any atom is -0.0190 e. The summed E-state index contributed by atoms with van der Waals surface area (Å²) in [5, 5.41) is 12.4. The van der Waals surface area contributed by atoms with Gasteiger partial charge in [-0.3, -0.25) is 0 Å². The van der Waals surface area contributed by atoms with Crippen molar-refractivity contribution in [2.24, 2.45) is 23.7 Å². The van der Waals surface area contributed by atoms with Crippen LogP contribution in [0.5, 0.6) is 0 Å². The molecule has 4 heteroatoms. The van der Waals surface area contributed by atoms with Gasteiger partial charge in [-0.25, -0.2) is 0 Å². The minimum absolute atomic E-state index is 0.525. The molecule has 0 saturated heterocycles. The number of benzene rings is 8. The fourth-order valence-corrected chi connectivity index (χ4v) is 25.8. The van der Waals surface area contributed by atoms with Crippen molar-refractivity contribution in [1.29, 1.82) is 0 Å². The third kappa shape index (κ3) is 13.5. The standard InChI is InChI=1S/C72H84P4/c1-45-17-46(2)26-61(25-45)73(62-27-47(3)18-48(4)28-62)41-69-70(42-74(63-29-49(5)19-50(6)30-63)64-31-51(7)20-52(8)32-64)72(44-76(67-37-57(13)23-58(14)38-67)68-39-59(15)24-60(16)40-68)71(69)43-75(65-33-53(9)21-54(10)34-65)66-35-55(11)22-56(12)36-66/h17-40,69-72H,41-44H2,1-16H3. The van der Waals surface area contributed by atoms with Gasteiger partial charge in [0.05, 0.1) is 0 Å². The highest BCUT2D eigenvalue weighted by molar-refractivity contribution is 7.74. The Kier molecular flexibility index (Phi) is 17.6. The van der Waals surface area contributed by atoms with Gasteiger partial charge in [-0.1, -0.05) is 235 Å². The number of rotatable bonds is 16. The third-order valence-corrected chi connectivity index (χ3v) is 26.1. The molecule has 0 atom stereocenters. The molecule has 8 aromatic rings. The minimum atomic E-state index is -0.696. The molecule has 0 heterocycles. The fourth-order valence-electron chi connectivity index (χ4n) is 13.3. The second-order valence-electron chi connectivity index (χ2n) is 23.9. The van der Waals surface area contributed by atoms with Gasteiger partial charge in [-0.15, -0.1) is 0 Å². The second-order valence-corrected chi connectivity index (χ2v) is 32.9. The third-order valence-electron chi connectivity index (χ3n) is 15.9. The van der Waals surface area contributed by atoms with Crippen LogP contribution in [0, 0.1) is 134 Å². The first-order chi connectivity index (χ1) is 36.1. The Morgan fingerprint density at radius 3 is 0.355 bits per heavy atom. The predicted octanol–water partition coefficient (Wildman–Crippen LogP) is 15.9. The summed E-state index contributed by atoms with van der Waals surface area (Å²) < 4.78 is 0. The molecule has 1 aliphatic rings. The van der Waals surface area contributed by atoms with Crippen LogP contribution in [0.4, 0.5) is 0 Å². The van der Waals surface area contributed by atoms with E-state index in [-0.39, 0.29) is 0 Å². The maximum absolute atomic E-state index is 2.56. The molecule has 0 bridgehead atoms. The molecule has 0 N–H and O–H groups in total. The summed E-state index contributed by atoms with van der Waals surface area (Å²) in [5.41, 5.74) is 22.0. The van der Waals surface area contributed by atoms with Crippen LogP contribution < -0.4 is 42.4 Å². The van der Waals surface area contributed by atoms with Crippen molar-refractivity contribution in [2.45, 2.75) is 111 Å². The lowest BCUT2D eigenvalue weighted by molar-refractivity contribution is 0.0428. The van der Waals surface area contributed by atoms with Gasteiger partial charge >= 0.3 is 0 Å². The summed E-state index contributed by atoms with van der Waals surface area (Å²) in [7, 11) is -2.78. The molecule has 0 radical (unpaired) electrons. The molecule has 0 aromatic heterocycles. The van der Waals surface area contributed by atoms with Crippen molar-refractivity contribution >= 4 is 74.1 Å². The highest BCUT2D eigenvalue weighted by Gasteiger charge is 2.53. The summed E-state index contributed by atoms with van der Waals surface area (Å²) in [5.74, 6) is 2.10. The van der Waals surface area contributed by atoms with Crippen molar-refractivity contribution in [2.75, 3.05) is 24.6 Å². The Morgan fingerprint density at radius 1 is 0.171 bits per heavy atom. The van der Waals surface area contributed by atoms with Crippen LogP contribution in [0.3, 0.4) is 0 Å². The normalized spacial score (nSPS) is 16.6. The topological polar surface area (TPSA) is 0 Å². The van der Waals surface area contributed by atoms with Gasteiger partial charge < -0.3 is 0 Å². The molecule has 0 nitrogen and oxygen atoms in total. The molecule has 9 rings (SSSR count). The zero-order chi connectivity index (χ0) is 54.3. The monoisotopic (exact) mass is 1070 g/mol. The second kappa shape index (κ2) is 23.8. The Hall–Kier alpha value is -4.52. The Labute approximate surface area is 465 Å². The van der Waals surface area contributed by atoms with Crippen molar-refractivity contribution < 1.29 is 0 Å². The average molecular weight is 1070 g/mol. The van der Waals surface area contributed by atoms with Crippen molar-refractivity contribution in [3.8, 4) is 0 Å². The molecule has 1 fully saturated rings. The smallest absolute Gasteiger partial charge is 0.0190 e. The first kappa shape index (κ1) is 56.2. The van der Waals surface area contributed by atoms with E-state index in [1.54, 1.807) is 42.4 Å². The summed E-state index contributed by atoms with van der Waals surface area (Å²) in [6.45, 7) is 37.1. The van der Waals surface area contributed by atoms with Gasteiger partial charge in [0.2, 0.25) is 0 Å². The number of aryl methyl sites for hydroxylation is 16. The molecule has 0 aliphatic heterocycles. The van der Waals surface area contributed by atoms with E-state index < -0.39 is 31.7 Å². The van der Waals surface area contributed by atoms with Crippen molar-refractivity contribution in [3.05, 3.63) is 235 Å². The van der Waals surface area contributed by atoms with Crippen LogP contribution in [0.1, 0.15) is 89.0 Å². The van der Waals surface area contributed by atoms with Crippen LogP contribution >= 0.6 is 31.7 Å². The van der Waals surface area contributed by atoms with Crippen LogP contribution in [0.15, 0.2) is 146 Å². The number of hydrogen-bond acceptors (Lipinski definition) is 0. The predicted molar refractivity (Wildman–Crippen MR) is 346 cm³/mol. The van der Waals surface area contributed by atoms with E-state index in [1.165, 1.54) is 114 Å². The first-order valence-corrected chi connectivity index (χ1v) is 34.0. The van der Waals surface area contributed by atoms with E-state index in [9.17, 15) is 0 Å². The molecular weight excluding hydrogens is 989 g/mol. The quantitative estimate of drug-likeness (QED) is 0.0846. The van der Waals surface area contributed by atoms with Gasteiger partial charge in [-0.2, -0.15) is 0 Å². The van der Waals surface area contributed by atoms with E-state index in [0.717, 1.165) is 0 Å². The van der Waals surface area contributed by atoms with E-state index in [2.05, 4.69) is 256 Å². The van der Waals surface area contributed by atoms with E-state index in [4.69, 9.17) is 0 Å². The zero-order valence-corrected chi connectivity index (χ0v) is 52.4. The fraction of sp³-hybridized carbons (Fsp3) is 0.333. The van der Waals surface area contributed by atoms with Gasteiger partial charge in [-0.05, 0) is 233 Å². The molecule has 0 spiro atoms.